The molecule has 0 aliphatic heterocycles. The molecular formula is C12H23NO2. The third kappa shape index (κ3) is 4.20. The van der Waals surface area contributed by atoms with Crippen molar-refractivity contribution in [1.82, 2.24) is 5.32 Å². The Morgan fingerprint density at radius 2 is 2.13 bits per heavy atom. The van der Waals surface area contributed by atoms with E-state index >= 15 is 0 Å². The minimum absolute atomic E-state index is 0.299. The van der Waals surface area contributed by atoms with Crippen molar-refractivity contribution in [3.05, 3.63) is 0 Å². The van der Waals surface area contributed by atoms with E-state index < -0.39 is 5.97 Å². The summed E-state index contributed by atoms with van der Waals surface area (Å²) in [5, 5.41) is 12.4. The first-order valence-electron chi connectivity index (χ1n) is 6.17. The van der Waals surface area contributed by atoms with E-state index in [-0.39, 0.29) is 6.04 Å². The first-order chi connectivity index (χ1) is 7.19. The minimum Gasteiger partial charge on any atom is -0.480 e. The summed E-state index contributed by atoms with van der Waals surface area (Å²) in [4.78, 5) is 11.0. The SMILES string of the molecule is CCCCC(CC)NC(C(=O)O)C1CC1. The molecule has 2 atom stereocenters. The van der Waals surface area contributed by atoms with Crippen molar-refractivity contribution in [3.63, 3.8) is 0 Å². The number of carboxylic acids is 1. The summed E-state index contributed by atoms with van der Waals surface area (Å²) in [6, 6.07) is 0.0819. The van der Waals surface area contributed by atoms with Crippen LogP contribution in [0.2, 0.25) is 0 Å². The Morgan fingerprint density at radius 1 is 1.47 bits per heavy atom. The van der Waals surface area contributed by atoms with Crippen molar-refractivity contribution < 1.29 is 9.90 Å². The highest BCUT2D eigenvalue weighted by Gasteiger charge is 2.36. The van der Waals surface area contributed by atoms with Crippen molar-refractivity contribution in [2.45, 2.75) is 64.5 Å². The molecule has 0 bridgehead atoms. The third-order valence-corrected chi connectivity index (χ3v) is 3.17. The van der Waals surface area contributed by atoms with Crippen molar-refractivity contribution in [2.24, 2.45) is 5.92 Å². The lowest BCUT2D eigenvalue weighted by Crippen LogP contribution is -2.44. The Balaban J connectivity index is 2.36. The molecule has 3 nitrogen and oxygen atoms in total. The topological polar surface area (TPSA) is 49.3 Å². The first kappa shape index (κ1) is 12.5. The zero-order valence-electron chi connectivity index (χ0n) is 9.83. The second-order valence-electron chi connectivity index (χ2n) is 4.57. The predicted molar refractivity (Wildman–Crippen MR) is 60.9 cm³/mol. The number of carbonyl (C=O) groups is 1. The zero-order valence-corrected chi connectivity index (χ0v) is 9.83. The Morgan fingerprint density at radius 3 is 2.53 bits per heavy atom. The highest BCUT2D eigenvalue weighted by Crippen LogP contribution is 2.33. The molecule has 2 N–H and O–H groups in total. The van der Waals surface area contributed by atoms with Gasteiger partial charge in [0.2, 0.25) is 0 Å². The average molecular weight is 213 g/mol. The Hall–Kier alpha value is -0.570. The second kappa shape index (κ2) is 6.11. The van der Waals surface area contributed by atoms with Gasteiger partial charge in [-0.15, -0.1) is 0 Å². The maximum atomic E-state index is 11.0. The van der Waals surface area contributed by atoms with Gasteiger partial charge in [-0.1, -0.05) is 26.7 Å². The minimum atomic E-state index is -0.674. The largest absolute Gasteiger partial charge is 0.480 e. The summed E-state index contributed by atoms with van der Waals surface area (Å²) in [6.45, 7) is 4.29. The van der Waals surface area contributed by atoms with Crippen LogP contribution in [0.15, 0.2) is 0 Å². The van der Waals surface area contributed by atoms with Crippen LogP contribution in [-0.4, -0.2) is 23.2 Å². The van der Waals surface area contributed by atoms with Gasteiger partial charge in [0.25, 0.3) is 0 Å². The van der Waals surface area contributed by atoms with Crippen molar-refractivity contribution >= 4 is 5.97 Å². The molecule has 1 rings (SSSR count). The van der Waals surface area contributed by atoms with E-state index in [1.165, 1.54) is 12.8 Å². The summed E-state index contributed by atoms with van der Waals surface area (Å²) < 4.78 is 0. The van der Waals surface area contributed by atoms with E-state index in [2.05, 4.69) is 19.2 Å². The van der Waals surface area contributed by atoms with Gasteiger partial charge in [0, 0.05) is 6.04 Å². The molecule has 1 aliphatic rings. The van der Waals surface area contributed by atoms with E-state index in [0.717, 1.165) is 25.7 Å². The van der Waals surface area contributed by atoms with Gasteiger partial charge in [0.1, 0.15) is 6.04 Å². The van der Waals surface area contributed by atoms with E-state index in [1.807, 2.05) is 0 Å². The fourth-order valence-electron chi connectivity index (χ4n) is 1.95. The monoisotopic (exact) mass is 213 g/mol. The molecule has 88 valence electrons. The number of hydrogen-bond acceptors (Lipinski definition) is 2. The van der Waals surface area contributed by atoms with Crippen LogP contribution < -0.4 is 5.32 Å². The number of nitrogens with one attached hydrogen (secondary N) is 1. The molecule has 0 amide bonds. The van der Waals surface area contributed by atoms with Gasteiger partial charge in [0.15, 0.2) is 0 Å². The molecule has 0 aromatic carbocycles. The van der Waals surface area contributed by atoms with E-state index in [4.69, 9.17) is 5.11 Å². The highest BCUT2D eigenvalue weighted by atomic mass is 16.4. The Kier molecular flexibility index (Phi) is 5.09. The zero-order chi connectivity index (χ0) is 11.3. The lowest BCUT2D eigenvalue weighted by molar-refractivity contribution is -0.140. The molecule has 1 aliphatic carbocycles. The number of unbranched alkanes of at least 4 members (excludes halogenated alkanes) is 1. The molecule has 2 unspecified atom stereocenters. The van der Waals surface area contributed by atoms with E-state index in [1.54, 1.807) is 0 Å². The van der Waals surface area contributed by atoms with Crippen LogP contribution >= 0.6 is 0 Å². The highest BCUT2D eigenvalue weighted by molar-refractivity contribution is 5.74. The van der Waals surface area contributed by atoms with Crippen LogP contribution in [0.1, 0.15) is 52.4 Å². The van der Waals surface area contributed by atoms with Gasteiger partial charge in [-0.25, -0.2) is 0 Å². The number of hydrogen-bond donors (Lipinski definition) is 2. The van der Waals surface area contributed by atoms with Crippen LogP contribution in [0, 0.1) is 5.92 Å². The lowest BCUT2D eigenvalue weighted by atomic mass is 10.0. The number of carboxylic acid groups (broad SMARTS) is 1. The summed E-state index contributed by atoms with van der Waals surface area (Å²) >= 11 is 0. The molecule has 0 saturated heterocycles. The molecular weight excluding hydrogens is 190 g/mol. The molecule has 0 heterocycles. The smallest absolute Gasteiger partial charge is 0.320 e. The Bertz CT molecular complexity index is 202. The summed E-state index contributed by atoms with van der Waals surface area (Å²) in [6.07, 6.45) is 6.64. The normalized spacial score (nSPS) is 19.9. The molecule has 1 saturated carbocycles. The Labute approximate surface area is 92.3 Å². The number of rotatable bonds is 8. The van der Waals surface area contributed by atoms with Crippen LogP contribution in [0.3, 0.4) is 0 Å². The van der Waals surface area contributed by atoms with Crippen molar-refractivity contribution in [3.8, 4) is 0 Å². The molecule has 1 fully saturated rings. The van der Waals surface area contributed by atoms with Gasteiger partial charge in [-0.3, -0.25) is 4.79 Å². The molecule has 0 aromatic heterocycles. The van der Waals surface area contributed by atoms with Gasteiger partial charge in [0.05, 0.1) is 0 Å². The third-order valence-electron chi connectivity index (χ3n) is 3.17. The molecule has 3 heteroatoms. The molecule has 0 aromatic rings. The van der Waals surface area contributed by atoms with Crippen LogP contribution in [0.25, 0.3) is 0 Å². The van der Waals surface area contributed by atoms with Gasteiger partial charge >= 0.3 is 5.97 Å². The molecule has 0 radical (unpaired) electrons. The second-order valence-corrected chi connectivity index (χ2v) is 4.57. The summed E-state index contributed by atoms with van der Waals surface area (Å²) in [5.41, 5.74) is 0. The van der Waals surface area contributed by atoms with E-state index in [0.29, 0.717) is 12.0 Å². The molecule has 15 heavy (non-hydrogen) atoms. The van der Waals surface area contributed by atoms with Gasteiger partial charge in [-0.2, -0.15) is 0 Å². The van der Waals surface area contributed by atoms with Gasteiger partial charge < -0.3 is 10.4 Å². The average Bonchev–Trinajstić information content (AvgIpc) is 3.01. The standard InChI is InChI=1S/C12H23NO2/c1-3-5-6-10(4-2)13-11(12(14)15)9-7-8-9/h9-11,13H,3-8H2,1-2H3,(H,14,15). The quantitative estimate of drug-likeness (QED) is 0.651. The maximum Gasteiger partial charge on any atom is 0.320 e. The maximum absolute atomic E-state index is 11.0. The fourth-order valence-corrected chi connectivity index (χ4v) is 1.95. The summed E-state index contributed by atoms with van der Waals surface area (Å²) in [5.74, 6) is -0.286. The van der Waals surface area contributed by atoms with Gasteiger partial charge in [-0.05, 0) is 31.6 Å². The van der Waals surface area contributed by atoms with Crippen LogP contribution in [-0.2, 0) is 4.79 Å². The van der Waals surface area contributed by atoms with Crippen molar-refractivity contribution in [2.75, 3.05) is 0 Å². The molecule has 0 spiro atoms. The van der Waals surface area contributed by atoms with Crippen LogP contribution in [0.5, 0.6) is 0 Å². The van der Waals surface area contributed by atoms with Crippen LogP contribution in [0.4, 0.5) is 0 Å². The van der Waals surface area contributed by atoms with Crippen molar-refractivity contribution in [1.29, 1.82) is 0 Å². The summed E-state index contributed by atoms with van der Waals surface area (Å²) in [7, 11) is 0. The van der Waals surface area contributed by atoms with E-state index in [9.17, 15) is 4.79 Å². The predicted octanol–water partition coefficient (Wildman–Crippen LogP) is 2.41. The fraction of sp³-hybridized carbons (Fsp3) is 0.917. The first-order valence-corrected chi connectivity index (χ1v) is 6.17. The number of aliphatic carboxylic acids is 1. The lowest BCUT2D eigenvalue weighted by Gasteiger charge is -2.22.